The van der Waals surface area contributed by atoms with E-state index in [0.29, 0.717) is 13.2 Å². The summed E-state index contributed by atoms with van der Waals surface area (Å²) >= 11 is 3.51. The number of hydrogen-bond acceptors (Lipinski definition) is 2. The third kappa shape index (κ3) is 2.42. The van der Waals surface area contributed by atoms with Crippen LogP contribution in [0.1, 0.15) is 24.6 Å². The van der Waals surface area contributed by atoms with Crippen molar-refractivity contribution in [3.05, 3.63) is 33.9 Å². The van der Waals surface area contributed by atoms with Gasteiger partial charge in [0.25, 0.3) is 0 Å². The monoisotopic (exact) mass is 336 g/mol. The first kappa shape index (κ1) is 13.5. The summed E-state index contributed by atoms with van der Waals surface area (Å²) in [4.78, 5) is 17.2. The summed E-state index contributed by atoms with van der Waals surface area (Å²) in [6.45, 7) is 3.62. The van der Waals surface area contributed by atoms with Gasteiger partial charge in [0.15, 0.2) is 0 Å². The molecule has 2 aromatic rings. The van der Waals surface area contributed by atoms with Gasteiger partial charge in [-0.2, -0.15) is 0 Å². The minimum atomic E-state index is -0.218. The molecule has 0 atom stereocenters. The molecule has 1 aliphatic rings. The number of fused-ring (bicyclic) bond motifs is 3. The molecule has 106 valence electrons. The zero-order chi connectivity index (χ0) is 14.1. The number of rotatable bonds is 1. The summed E-state index contributed by atoms with van der Waals surface area (Å²) in [6, 6.07) is 6.21. The maximum Gasteiger partial charge on any atom is 0.410 e. The minimum absolute atomic E-state index is 0.218. The maximum absolute atomic E-state index is 12.0. The topological polar surface area (TPSA) is 45.3 Å². The van der Waals surface area contributed by atoms with Crippen LogP contribution < -0.4 is 0 Å². The van der Waals surface area contributed by atoms with Crippen molar-refractivity contribution in [2.45, 2.75) is 26.3 Å². The molecule has 1 N–H and O–H groups in total. The van der Waals surface area contributed by atoms with E-state index < -0.39 is 0 Å². The molecule has 0 spiro atoms. The van der Waals surface area contributed by atoms with Crippen LogP contribution >= 0.6 is 15.9 Å². The van der Waals surface area contributed by atoms with Gasteiger partial charge in [-0.3, -0.25) is 0 Å². The van der Waals surface area contributed by atoms with Gasteiger partial charge in [-0.05, 0) is 38.0 Å². The SMILES string of the molecule is CCOC(=O)N1CCCc2[nH]c3ccc(Br)cc3c2C1. The molecule has 1 amide bonds. The van der Waals surface area contributed by atoms with Gasteiger partial charge in [0.1, 0.15) is 0 Å². The Balaban J connectivity index is 1.99. The van der Waals surface area contributed by atoms with Gasteiger partial charge in [-0.25, -0.2) is 4.79 Å². The molecule has 3 rings (SSSR count). The van der Waals surface area contributed by atoms with Crippen molar-refractivity contribution in [2.24, 2.45) is 0 Å². The lowest BCUT2D eigenvalue weighted by Crippen LogP contribution is -2.31. The van der Waals surface area contributed by atoms with E-state index in [-0.39, 0.29) is 6.09 Å². The molecule has 0 radical (unpaired) electrons. The van der Waals surface area contributed by atoms with E-state index in [1.54, 1.807) is 4.90 Å². The Hall–Kier alpha value is -1.49. The first-order chi connectivity index (χ1) is 9.69. The number of aromatic amines is 1. The molecule has 1 aromatic carbocycles. The van der Waals surface area contributed by atoms with E-state index in [1.165, 1.54) is 16.6 Å². The third-order valence-corrected chi connectivity index (χ3v) is 4.18. The zero-order valence-electron chi connectivity index (χ0n) is 11.4. The quantitative estimate of drug-likeness (QED) is 0.859. The van der Waals surface area contributed by atoms with Crippen LogP contribution in [0.3, 0.4) is 0 Å². The fourth-order valence-corrected chi connectivity index (χ4v) is 3.12. The molecule has 0 bridgehead atoms. The molecule has 1 aliphatic heterocycles. The lowest BCUT2D eigenvalue weighted by molar-refractivity contribution is 0.105. The Kier molecular flexibility index (Phi) is 3.70. The fourth-order valence-electron chi connectivity index (χ4n) is 2.76. The van der Waals surface area contributed by atoms with Crippen LogP contribution in [0.2, 0.25) is 0 Å². The van der Waals surface area contributed by atoms with Crippen LogP contribution in [0.15, 0.2) is 22.7 Å². The van der Waals surface area contributed by atoms with Crippen LogP contribution in [-0.2, 0) is 17.7 Å². The fraction of sp³-hybridized carbons (Fsp3) is 0.400. The Morgan fingerprint density at radius 1 is 1.50 bits per heavy atom. The first-order valence-electron chi connectivity index (χ1n) is 6.89. The van der Waals surface area contributed by atoms with Crippen LogP contribution in [0.25, 0.3) is 10.9 Å². The second-order valence-electron chi connectivity index (χ2n) is 5.00. The van der Waals surface area contributed by atoms with Crippen LogP contribution in [0.4, 0.5) is 4.79 Å². The van der Waals surface area contributed by atoms with Crippen LogP contribution in [0.5, 0.6) is 0 Å². The zero-order valence-corrected chi connectivity index (χ0v) is 13.0. The summed E-state index contributed by atoms with van der Waals surface area (Å²) in [6.07, 6.45) is 1.71. The number of aromatic nitrogens is 1. The normalized spacial score (nSPS) is 15.0. The molecule has 2 heterocycles. The smallest absolute Gasteiger partial charge is 0.410 e. The van der Waals surface area contributed by atoms with Crippen LogP contribution in [-0.4, -0.2) is 29.1 Å². The van der Waals surface area contributed by atoms with Gasteiger partial charge in [-0.1, -0.05) is 15.9 Å². The van der Waals surface area contributed by atoms with E-state index >= 15 is 0 Å². The van der Waals surface area contributed by atoms with Crippen molar-refractivity contribution in [2.75, 3.05) is 13.2 Å². The average molecular weight is 337 g/mol. The van der Waals surface area contributed by atoms with Crippen molar-refractivity contribution >= 4 is 32.9 Å². The van der Waals surface area contributed by atoms with Gasteiger partial charge in [0.05, 0.1) is 13.2 Å². The summed E-state index contributed by atoms with van der Waals surface area (Å²) in [5.74, 6) is 0. The number of benzene rings is 1. The van der Waals surface area contributed by atoms with Crippen molar-refractivity contribution in [1.29, 1.82) is 0 Å². The Bertz CT molecular complexity index is 651. The first-order valence-corrected chi connectivity index (χ1v) is 7.69. The minimum Gasteiger partial charge on any atom is -0.450 e. The van der Waals surface area contributed by atoms with Gasteiger partial charge in [0, 0.05) is 33.2 Å². The average Bonchev–Trinajstić information content (AvgIpc) is 2.63. The Labute approximate surface area is 126 Å². The van der Waals surface area contributed by atoms with Crippen molar-refractivity contribution in [3.63, 3.8) is 0 Å². The predicted molar refractivity (Wildman–Crippen MR) is 81.8 cm³/mol. The Morgan fingerprint density at radius 2 is 2.35 bits per heavy atom. The summed E-state index contributed by atoms with van der Waals surface area (Å²) in [5, 5.41) is 1.19. The van der Waals surface area contributed by atoms with Gasteiger partial charge >= 0.3 is 6.09 Å². The largest absolute Gasteiger partial charge is 0.450 e. The Morgan fingerprint density at radius 3 is 3.15 bits per heavy atom. The molecule has 0 unspecified atom stereocenters. The number of carbonyl (C=O) groups is 1. The highest BCUT2D eigenvalue weighted by Gasteiger charge is 2.22. The summed E-state index contributed by atoms with van der Waals surface area (Å²) in [7, 11) is 0. The molecule has 0 aliphatic carbocycles. The highest BCUT2D eigenvalue weighted by Crippen LogP contribution is 2.29. The third-order valence-electron chi connectivity index (χ3n) is 3.69. The number of hydrogen-bond donors (Lipinski definition) is 1. The highest BCUT2D eigenvalue weighted by molar-refractivity contribution is 9.10. The molecule has 20 heavy (non-hydrogen) atoms. The number of nitrogens with zero attached hydrogens (tertiary/aromatic N) is 1. The molecule has 5 heteroatoms. The van der Waals surface area contributed by atoms with E-state index in [1.807, 2.05) is 13.0 Å². The summed E-state index contributed by atoms with van der Waals surface area (Å²) in [5.41, 5.74) is 3.58. The van der Waals surface area contributed by atoms with Gasteiger partial charge in [-0.15, -0.1) is 0 Å². The molecule has 4 nitrogen and oxygen atoms in total. The molecular formula is C15H17BrN2O2. The van der Waals surface area contributed by atoms with Crippen molar-refractivity contribution in [3.8, 4) is 0 Å². The van der Waals surface area contributed by atoms with E-state index in [4.69, 9.17) is 4.74 Å². The van der Waals surface area contributed by atoms with E-state index in [9.17, 15) is 4.79 Å². The summed E-state index contributed by atoms with van der Waals surface area (Å²) < 4.78 is 6.19. The number of aryl methyl sites for hydroxylation is 1. The number of H-pyrrole nitrogens is 1. The van der Waals surface area contributed by atoms with Crippen molar-refractivity contribution in [1.82, 2.24) is 9.88 Å². The lowest BCUT2D eigenvalue weighted by Gasteiger charge is -2.19. The van der Waals surface area contributed by atoms with E-state index in [0.717, 1.165) is 29.4 Å². The molecule has 0 saturated carbocycles. The highest BCUT2D eigenvalue weighted by atomic mass is 79.9. The number of halogens is 1. The van der Waals surface area contributed by atoms with Crippen LogP contribution in [0, 0.1) is 0 Å². The standard InChI is InChI=1S/C15H17BrN2O2/c1-2-20-15(19)18-7-3-4-13-12(9-18)11-8-10(16)5-6-14(11)17-13/h5-6,8,17H,2-4,7,9H2,1H3. The number of amides is 1. The molecule has 1 aromatic heterocycles. The van der Waals surface area contributed by atoms with E-state index in [2.05, 4.69) is 33.0 Å². The molecule has 0 fully saturated rings. The second-order valence-corrected chi connectivity index (χ2v) is 5.91. The lowest BCUT2D eigenvalue weighted by atomic mass is 10.1. The molecule has 0 saturated heterocycles. The van der Waals surface area contributed by atoms with Crippen molar-refractivity contribution < 1.29 is 9.53 Å². The number of carbonyl (C=O) groups excluding carboxylic acids is 1. The predicted octanol–water partition coefficient (Wildman–Crippen LogP) is 3.84. The van der Waals surface area contributed by atoms with Gasteiger partial charge in [0.2, 0.25) is 0 Å². The maximum atomic E-state index is 12.0. The number of ether oxygens (including phenoxy) is 1. The second kappa shape index (κ2) is 5.48. The van der Waals surface area contributed by atoms with Gasteiger partial charge < -0.3 is 14.6 Å². The number of nitrogens with one attached hydrogen (secondary N) is 1. The molecular weight excluding hydrogens is 320 g/mol.